The summed E-state index contributed by atoms with van der Waals surface area (Å²) in [5.74, 6) is 0.725. The van der Waals surface area contributed by atoms with E-state index in [0.29, 0.717) is 19.8 Å². The summed E-state index contributed by atoms with van der Waals surface area (Å²) in [6.45, 7) is 5.05. The zero-order chi connectivity index (χ0) is 17.8. The van der Waals surface area contributed by atoms with E-state index in [1.807, 2.05) is 26.0 Å². The Morgan fingerprint density at radius 1 is 1.40 bits per heavy atom. The van der Waals surface area contributed by atoms with Crippen LogP contribution in [0.1, 0.15) is 12.6 Å². The van der Waals surface area contributed by atoms with Crippen molar-refractivity contribution in [3.05, 3.63) is 24.0 Å². The van der Waals surface area contributed by atoms with Gasteiger partial charge in [-0.05, 0) is 26.0 Å². The van der Waals surface area contributed by atoms with Crippen molar-refractivity contribution in [2.45, 2.75) is 44.2 Å². The van der Waals surface area contributed by atoms with Crippen molar-refractivity contribution < 1.29 is 23.7 Å². The van der Waals surface area contributed by atoms with Gasteiger partial charge in [-0.15, -0.1) is 0 Å². The molecule has 0 saturated carbocycles. The molecule has 2 amide bonds. The van der Waals surface area contributed by atoms with Crippen LogP contribution >= 0.6 is 0 Å². The molecule has 3 heterocycles. The lowest BCUT2D eigenvalue weighted by Gasteiger charge is -2.20. The molecule has 2 saturated heterocycles. The summed E-state index contributed by atoms with van der Waals surface area (Å²) in [5.41, 5.74) is 0.824. The van der Waals surface area contributed by atoms with E-state index < -0.39 is 0 Å². The largest absolute Gasteiger partial charge is 0.483 e. The molecule has 1 aromatic heterocycles. The van der Waals surface area contributed by atoms with Crippen LogP contribution in [0.2, 0.25) is 0 Å². The Bertz CT molecular complexity index is 599. The monoisotopic (exact) mass is 351 g/mol. The normalized spacial score (nSPS) is 29.1. The third-order valence-electron chi connectivity index (χ3n) is 4.36. The van der Waals surface area contributed by atoms with Crippen molar-refractivity contribution in [3.63, 3.8) is 0 Å². The number of rotatable bonds is 6. The smallest absolute Gasteiger partial charge is 0.315 e. The fourth-order valence-electron chi connectivity index (χ4n) is 3.17. The van der Waals surface area contributed by atoms with Gasteiger partial charge in [0.05, 0.1) is 37.6 Å². The SMILES string of the molecule is COCC(C)NC(=O)N[C@H]1CO[C@H]2[C@@H]1OC[C@@H]2Oc1cccnc1C. The Morgan fingerprint density at radius 3 is 2.96 bits per heavy atom. The first kappa shape index (κ1) is 17.9. The van der Waals surface area contributed by atoms with Gasteiger partial charge in [0.2, 0.25) is 0 Å². The number of aryl methyl sites for hydroxylation is 1. The van der Waals surface area contributed by atoms with Crippen molar-refractivity contribution >= 4 is 6.03 Å². The maximum atomic E-state index is 12.1. The van der Waals surface area contributed by atoms with Crippen molar-refractivity contribution in [1.29, 1.82) is 0 Å². The second-order valence-electron chi connectivity index (χ2n) is 6.42. The van der Waals surface area contributed by atoms with Crippen LogP contribution in [0.5, 0.6) is 5.75 Å². The molecule has 2 N–H and O–H groups in total. The van der Waals surface area contributed by atoms with E-state index in [1.54, 1.807) is 13.3 Å². The van der Waals surface area contributed by atoms with E-state index in [9.17, 15) is 4.79 Å². The zero-order valence-electron chi connectivity index (χ0n) is 14.7. The molecule has 3 rings (SSSR count). The van der Waals surface area contributed by atoms with Crippen LogP contribution in [0.25, 0.3) is 0 Å². The number of ether oxygens (including phenoxy) is 4. The van der Waals surface area contributed by atoms with E-state index in [2.05, 4.69) is 15.6 Å². The molecular weight excluding hydrogens is 326 g/mol. The number of hydrogen-bond acceptors (Lipinski definition) is 6. The van der Waals surface area contributed by atoms with Crippen LogP contribution in [0.4, 0.5) is 4.79 Å². The number of nitrogens with zero attached hydrogens (tertiary/aromatic N) is 1. The minimum Gasteiger partial charge on any atom is -0.483 e. The second-order valence-corrected chi connectivity index (χ2v) is 6.42. The number of urea groups is 1. The highest BCUT2D eigenvalue weighted by molar-refractivity contribution is 5.74. The maximum absolute atomic E-state index is 12.1. The Balaban J connectivity index is 1.53. The molecule has 8 nitrogen and oxygen atoms in total. The van der Waals surface area contributed by atoms with Crippen LogP contribution in [-0.2, 0) is 14.2 Å². The molecule has 8 heteroatoms. The van der Waals surface area contributed by atoms with E-state index >= 15 is 0 Å². The molecule has 25 heavy (non-hydrogen) atoms. The quantitative estimate of drug-likeness (QED) is 0.782. The molecule has 0 aromatic carbocycles. The number of carbonyl (C=O) groups excluding carboxylic acids is 1. The predicted octanol–water partition coefficient (Wildman–Crippen LogP) is 0.638. The number of hydrogen-bond donors (Lipinski definition) is 2. The van der Waals surface area contributed by atoms with Gasteiger partial charge in [0.15, 0.2) is 6.10 Å². The van der Waals surface area contributed by atoms with Crippen LogP contribution < -0.4 is 15.4 Å². The summed E-state index contributed by atoms with van der Waals surface area (Å²) < 4.78 is 22.7. The molecule has 0 aliphatic carbocycles. The third kappa shape index (κ3) is 4.20. The summed E-state index contributed by atoms with van der Waals surface area (Å²) in [7, 11) is 1.60. The molecule has 1 unspecified atom stereocenters. The predicted molar refractivity (Wildman–Crippen MR) is 89.7 cm³/mol. The lowest BCUT2D eigenvalue weighted by Crippen LogP contribution is -2.51. The third-order valence-corrected chi connectivity index (χ3v) is 4.36. The maximum Gasteiger partial charge on any atom is 0.315 e. The highest BCUT2D eigenvalue weighted by Gasteiger charge is 2.49. The fraction of sp³-hybridized carbons (Fsp3) is 0.647. The molecule has 1 aromatic rings. The van der Waals surface area contributed by atoms with Crippen molar-refractivity contribution in [2.24, 2.45) is 0 Å². The number of amides is 2. The average Bonchev–Trinajstić information content (AvgIpc) is 3.13. The lowest BCUT2D eigenvalue weighted by molar-refractivity contribution is 0.0299. The molecule has 0 bridgehead atoms. The van der Waals surface area contributed by atoms with Crippen molar-refractivity contribution in [1.82, 2.24) is 15.6 Å². The van der Waals surface area contributed by atoms with Crippen LogP contribution in [0.15, 0.2) is 18.3 Å². The van der Waals surface area contributed by atoms with E-state index in [-0.39, 0.29) is 36.4 Å². The van der Waals surface area contributed by atoms with Crippen LogP contribution in [0, 0.1) is 6.92 Å². The summed E-state index contributed by atoms with van der Waals surface area (Å²) in [4.78, 5) is 16.3. The number of methoxy groups -OCH3 is 1. The summed E-state index contributed by atoms with van der Waals surface area (Å²) in [6.07, 6.45) is 1.09. The highest BCUT2D eigenvalue weighted by Crippen LogP contribution is 2.30. The van der Waals surface area contributed by atoms with Gasteiger partial charge in [0.25, 0.3) is 0 Å². The molecule has 0 radical (unpaired) electrons. The van der Waals surface area contributed by atoms with Gasteiger partial charge in [0, 0.05) is 13.3 Å². The van der Waals surface area contributed by atoms with Gasteiger partial charge in [-0.3, -0.25) is 4.98 Å². The van der Waals surface area contributed by atoms with Gasteiger partial charge >= 0.3 is 6.03 Å². The summed E-state index contributed by atoms with van der Waals surface area (Å²) >= 11 is 0. The van der Waals surface area contributed by atoms with Gasteiger partial charge in [-0.1, -0.05) is 0 Å². The Hall–Kier alpha value is -1.90. The van der Waals surface area contributed by atoms with Crippen LogP contribution in [-0.4, -0.2) is 68.3 Å². The molecule has 2 fully saturated rings. The summed E-state index contributed by atoms with van der Waals surface area (Å²) in [5, 5.41) is 5.73. The molecule has 2 aliphatic heterocycles. The Morgan fingerprint density at radius 2 is 2.20 bits per heavy atom. The molecule has 138 valence electrons. The van der Waals surface area contributed by atoms with Gasteiger partial charge in [0.1, 0.15) is 18.0 Å². The molecule has 5 atom stereocenters. The second kappa shape index (κ2) is 7.99. The first-order valence-corrected chi connectivity index (χ1v) is 8.46. The number of pyridine rings is 1. The molecule has 2 aliphatic rings. The van der Waals surface area contributed by atoms with Crippen LogP contribution in [0.3, 0.4) is 0 Å². The lowest BCUT2D eigenvalue weighted by atomic mass is 10.1. The zero-order valence-corrected chi connectivity index (χ0v) is 14.7. The Kier molecular flexibility index (Phi) is 5.72. The summed E-state index contributed by atoms with van der Waals surface area (Å²) in [6, 6.07) is 3.18. The molecular formula is C17H25N3O5. The fourth-order valence-corrected chi connectivity index (χ4v) is 3.17. The Labute approximate surface area is 147 Å². The number of fused-ring (bicyclic) bond motifs is 1. The molecule has 0 spiro atoms. The first-order chi connectivity index (χ1) is 12.1. The number of carbonyl (C=O) groups is 1. The first-order valence-electron chi connectivity index (χ1n) is 8.46. The topological polar surface area (TPSA) is 90.9 Å². The van der Waals surface area contributed by atoms with Gasteiger partial charge < -0.3 is 29.6 Å². The van der Waals surface area contributed by atoms with E-state index in [4.69, 9.17) is 18.9 Å². The van der Waals surface area contributed by atoms with Gasteiger partial charge in [-0.2, -0.15) is 0 Å². The standard InChI is InChI=1S/C17H25N3O5/c1-10(7-22-3)19-17(21)20-12-8-23-16-14(9-24-15(12)16)25-13-5-4-6-18-11(13)2/h4-6,10,12,14-16H,7-9H2,1-3H3,(H2,19,20,21)/t10?,12-,14-,15+,16+/m0/s1. The highest BCUT2D eigenvalue weighted by atomic mass is 16.6. The minimum absolute atomic E-state index is 0.0720. The average molecular weight is 351 g/mol. The number of aromatic nitrogens is 1. The van der Waals surface area contributed by atoms with E-state index in [0.717, 1.165) is 11.4 Å². The number of nitrogens with one attached hydrogen (secondary N) is 2. The minimum atomic E-state index is -0.255. The van der Waals surface area contributed by atoms with E-state index in [1.165, 1.54) is 0 Å². The van der Waals surface area contributed by atoms with Crippen molar-refractivity contribution in [2.75, 3.05) is 26.9 Å². The van der Waals surface area contributed by atoms with Gasteiger partial charge in [-0.25, -0.2) is 4.79 Å². The van der Waals surface area contributed by atoms with Crippen molar-refractivity contribution in [3.8, 4) is 5.75 Å².